The number of esters is 1. The number of benzene rings is 1. The fourth-order valence-electron chi connectivity index (χ4n) is 8.15. The molecule has 58 heavy (non-hydrogen) atoms. The third-order valence-corrected chi connectivity index (χ3v) is 11.6. The summed E-state index contributed by atoms with van der Waals surface area (Å²) in [5, 5.41) is 5.78. The number of amides is 5. The minimum Gasteiger partial charge on any atom is -0.467 e. The predicted molar refractivity (Wildman–Crippen MR) is 222 cm³/mol. The van der Waals surface area contributed by atoms with Gasteiger partial charge in [0.25, 0.3) is 0 Å². The molecular formula is C43H72N6O9. The number of hydrogen-bond donors (Lipinski definition) is 3. The topological polar surface area (TPSA) is 190 Å². The average molecular weight is 817 g/mol. The highest BCUT2D eigenvalue weighted by Crippen LogP contribution is 2.30. The molecule has 0 saturated carbocycles. The summed E-state index contributed by atoms with van der Waals surface area (Å²) in [4.78, 5) is 86.2. The maximum atomic E-state index is 14.4. The zero-order valence-corrected chi connectivity index (χ0v) is 37.2. The molecule has 0 radical (unpaired) electrons. The second-order valence-corrected chi connectivity index (χ2v) is 16.5. The van der Waals surface area contributed by atoms with Gasteiger partial charge in [0, 0.05) is 41.3 Å². The van der Waals surface area contributed by atoms with Crippen molar-refractivity contribution in [2.75, 3.05) is 42.0 Å². The number of hydrogen-bond acceptors (Lipinski definition) is 10. The van der Waals surface area contributed by atoms with Crippen molar-refractivity contribution in [1.82, 2.24) is 25.3 Å². The molecule has 0 spiro atoms. The van der Waals surface area contributed by atoms with Gasteiger partial charge in [-0.2, -0.15) is 0 Å². The molecule has 15 nitrogen and oxygen atoms in total. The van der Waals surface area contributed by atoms with Gasteiger partial charge in [0.1, 0.15) is 18.1 Å². The van der Waals surface area contributed by atoms with Gasteiger partial charge in [-0.25, -0.2) is 4.79 Å². The Labute approximate surface area is 346 Å². The van der Waals surface area contributed by atoms with Crippen molar-refractivity contribution in [1.29, 1.82) is 0 Å². The molecule has 0 bridgehead atoms. The molecule has 10 atom stereocenters. The van der Waals surface area contributed by atoms with Gasteiger partial charge in [-0.05, 0) is 43.1 Å². The van der Waals surface area contributed by atoms with E-state index in [0.717, 1.165) is 5.56 Å². The van der Waals surface area contributed by atoms with Crippen LogP contribution in [0.4, 0.5) is 0 Å². The van der Waals surface area contributed by atoms with Crippen LogP contribution in [-0.4, -0.2) is 141 Å². The van der Waals surface area contributed by atoms with Crippen LogP contribution < -0.4 is 16.4 Å². The summed E-state index contributed by atoms with van der Waals surface area (Å²) >= 11 is 0. The number of carbonyl (C=O) groups is 6. The molecule has 5 amide bonds. The lowest BCUT2D eigenvalue weighted by molar-refractivity contribution is -0.149. The van der Waals surface area contributed by atoms with Crippen molar-refractivity contribution in [2.24, 2.45) is 29.4 Å². The first kappa shape index (κ1) is 50.1. The minimum atomic E-state index is -0.929. The van der Waals surface area contributed by atoms with Crippen LogP contribution >= 0.6 is 0 Å². The largest absolute Gasteiger partial charge is 0.467 e. The van der Waals surface area contributed by atoms with Crippen LogP contribution in [0.5, 0.6) is 0 Å². The number of nitrogens with two attached hydrogens (primary N) is 1. The van der Waals surface area contributed by atoms with Gasteiger partial charge in [0.15, 0.2) is 0 Å². The van der Waals surface area contributed by atoms with Crippen LogP contribution in [0.3, 0.4) is 0 Å². The number of nitrogens with one attached hydrogen (secondary N) is 2. The Morgan fingerprint density at radius 2 is 1.47 bits per heavy atom. The number of carbonyl (C=O) groups excluding carboxylic acids is 6. The molecule has 2 rings (SSSR count). The predicted octanol–water partition coefficient (Wildman–Crippen LogP) is 2.78. The smallest absolute Gasteiger partial charge is 0.328 e. The first-order chi connectivity index (χ1) is 27.3. The summed E-state index contributed by atoms with van der Waals surface area (Å²) in [7, 11) is 7.51. The van der Waals surface area contributed by atoms with E-state index in [1.165, 1.54) is 33.3 Å². The molecule has 1 saturated heterocycles. The second kappa shape index (κ2) is 23.5. The molecule has 1 aliphatic rings. The van der Waals surface area contributed by atoms with E-state index in [2.05, 4.69) is 10.6 Å². The zero-order valence-electron chi connectivity index (χ0n) is 37.2. The van der Waals surface area contributed by atoms with Crippen molar-refractivity contribution in [2.45, 2.75) is 136 Å². The van der Waals surface area contributed by atoms with E-state index < -0.39 is 72.2 Å². The van der Waals surface area contributed by atoms with Gasteiger partial charge < -0.3 is 45.3 Å². The zero-order chi connectivity index (χ0) is 44.0. The number of methoxy groups -OCH3 is 3. The molecule has 1 aromatic carbocycles. The highest BCUT2D eigenvalue weighted by Gasteiger charge is 2.44. The highest BCUT2D eigenvalue weighted by molar-refractivity contribution is 5.93. The standard InChI is InChI=1S/C43H72N6O9/c1-14-27(6)37(48(10)42(54)35(25(2)3)46-40(52)36(26(4)5)47(9)41(53)29(8)44)33(56-11)24-34(50)49-22-18-21-32(49)38(57-12)28(7)39(51)45-31(43(55)58-13)23-30-19-16-15-17-20-30/h15-17,19-20,25-29,31-33,35-38H,14,18,21-24,44H2,1-13H3,(H,45,51)(H,46,52)/t27-,28+,29?,31?,32?,33+,35?,36?,37-,38+/m0/s1. The second-order valence-electron chi connectivity index (χ2n) is 16.5. The maximum absolute atomic E-state index is 14.4. The summed E-state index contributed by atoms with van der Waals surface area (Å²) in [5.41, 5.74) is 6.71. The fourth-order valence-corrected chi connectivity index (χ4v) is 8.15. The number of nitrogens with zero attached hydrogens (tertiary/aromatic N) is 3. The Hall–Kier alpha value is -4.08. The van der Waals surface area contributed by atoms with E-state index in [-0.39, 0.29) is 48.3 Å². The molecule has 0 aromatic heterocycles. The van der Waals surface area contributed by atoms with Crippen molar-refractivity contribution >= 4 is 35.5 Å². The first-order valence-electron chi connectivity index (χ1n) is 20.6. The van der Waals surface area contributed by atoms with Gasteiger partial charge >= 0.3 is 5.97 Å². The Bertz CT molecular complexity index is 1510. The van der Waals surface area contributed by atoms with Gasteiger partial charge in [-0.3, -0.25) is 24.0 Å². The Balaban J connectivity index is 2.31. The van der Waals surface area contributed by atoms with Crippen LogP contribution in [0.15, 0.2) is 30.3 Å². The van der Waals surface area contributed by atoms with Crippen LogP contribution in [-0.2, 0) is 49.4 Å². The van der Waals surface area contributed by atoms with Gasteiger partial charge in [0.2, 0.25) is 29.5 Å². The molecule has 0 aliphatic carbocycles. The molecule has 4 N–H and O–H groups in total. The maximum Gasteiger partial charge on any atom is 0.328 e. The van der Waals surface area contributed by atoms with E-state index in [4.69, 9.17) is 19.9 Å². The molecule has 328 valence electrons. The summed E-state index contributed by atoms with van der Waals surface area (Å²) in [6.45, 7) is 15.1. The third kappa shape index (κ3) is 13.0. The number of likely N-dealkylation sites (tertiary alicyclic amines) is 1. The number of ether oxygens (including phenoxy) is 3. The lowest BCUT2D eigenvalue weighted by Gasteiger charge is -2.41. The molecule has 1 fully saturated rings. The average Bonchev–Trinajstić information content (AvgIpc) is 3.68. The lowest BCUT2D eigenvalue weighted by Crippen LogP contribution is -2.61. The van der Waals surface area contributed by atoms with Crippen molar-refractivity contribution in [3.8, 4) is 0 Å². The van der Waals surface area contributed by atoms with Gasteiger partial charge in [0.05, 0.1) is 49.8 Å². The summed E-state index contributed by atoms with van der Waals surface area (Å²) in [6.07, 6.45) is 0.804. The quantitative estimate of drug-likeness (QED) is 0.147. The molecule has 15 heteroatoms. The molecule has 5 unspecified atom stereocenters. The Morgan fingerprint density at radius 1 is 0.845 bits per heavy atom. The van der Waals surface area contributed by atoms with Gasteiger partial charge in [-0.1, -0.05) is 85.2 Å². The van der Waals surface area contributed by atoms with Crippen LogP contribution in [0.2, 0.25) is 0 Å². The monoisotopic (exact) mass is 817 g/mol. The molecule has 1 aromatic rings. The van der Waals surface area contributed by atoms with E-state index >= 15 is 0 Å². The Morgan fingerprint density at radius 3 is 1.97 bits per heavy atom. The van der Waals surface area contributed by atoms with Crippen LogP contribution in [0.25, 0.3) is 0 Å². The van der Waals surface area contributed by atoms with Crippen molar-refractivity contribution in [3.05, 3.63) is 35.9 Å². The highest BCUT2D eigenvalue weighted by atomic mass is 16.5. The SMILES string of the molecule is CC[C@H](C)[C@@H]([C@@H](CC(=O)N1CCCC1[C@H](OC)[C@@H](C)C(=O)NC(Cc1ccccc1)C(=O)OC)OC)N(C)C(=O)C(NC(=O)C(C(C)C)N(C)C(=O)C(C)N)C(C)C. The molecular weight excluding hydrogens is 745 g/mol. The van der Waals surface area contributed by atoms with Crippen LogP contribution in [0, 0.1) is 23.7 Å². The van der Waals surface area contributed by atoms with Crippen molar-refractivity contribution < 1.29 is 43.0 Å². The number of rotatable bonds is 22. The Kier molecular flexibility index (Phi) is 20.3. The molecule has 1 heterocycles. The van der Waals surface area contributed by atoms with E-state index in [1.54, 1.807) is 30.7 Å². The summed E-state index contributed by atoms with van der Waals surface area (Å²) in [6, 6.07) is 4.87. The lowest BCUT2D eigenvalue weighted by atomic mass is 9.89. The van der Waals surface area contributed by atoms with Gasteiger partial charge in [-0.15, -0.1) is 0 Å². The molecule has 1 aliphatic heterocycles. The van der Waals surface area contributed by atoms with E-state index in [0.29, 0.717) is 25.8 Å². The summed E-state index contributed by atoms with van der Waals surface area (Å²) in [5.74, 6) is -3.75. The minimum absolute atomic E-state index is 0.0452. The van der Waals surface area contributed by atoms with E-state index in [9.17, 15) is 28.8 Å². The normalized spacial score (nSPS) is 18.9. The van der Waals surface area contributed by atoms with E-state index in [1.807, 2.05) is 71.9 Å². The van der Waals surface area contributed by atoms with Crippen LogP contribution in [0.1, 0.15) is 86.6 Å². The summed E-state index contributed by atoms with van der Waals surface area (Å²) < 4.78 is 16.9. The number of likely N-dealkylation sites (N-methyl/N-ethyl adjacent to an activating group) is 2. The van der Waals surface area contributed by atoms with Crippen molar-refractivity contribution in [3.63, 3.8) is 0 Å². The fraction of sp³-hybridized carbons (Fsp3) is 0.721. The third-order valence-electron chi connectivity index (χ3n) is 11.6. The first-order valence-corrected chi connectivity index (χ1v) is 20.6.